The van der Waals surface area contributed by atoms with E-state index in [4.69, 9.17) is 43.8 Å². The summed E-state index contributed by atoms with van der Waals surface area (Å²) in [6, 6.07) is 25.1. The van der Waals surface area contributed by atoms with Crippen molar-refractivity contribution >= 4 is 30.0 Å². The van der Waals surface area contributed by atoms with Crippen LogP contribution in [-0.4, -0.2) is 23.3 Å². The normalized spacial score (nSPS) is 21.5. The smallest absolute Gasteiger partial charge is 0.262 e. The number of thiocarbonyl (C=S) groups is 1. The summed E-state index contributed by atoms with van der Waals surface area (Å²) in [5.74, 6) is 4.59. The second kappa shape index (κ2) is 14.5. The van der Waals surface area contributed by atoms with Gasteiger partial charge in [0.1, 0.15) is 34.5 Å². The number of thiol groups is 1. The lowest BCUT2D eigenvalue weighted by molar-refractivity contribution is 0.0609. The lowest BCUT2D eigenvalue weighted by Gasteiger charge is -2.47. The summed E-state index contributed by atoms with van der Waals surface area (Å²) >= 11 is 10.3. The van der Waals surface area contributed by atoms with Crippen LogP contribution in [0.25, 0.3) is 0 Å². The molecule has 0 aromatic heterocycles. The van der Waals surface area contributed by atoms with E-state index in [0.29, 0.717) is 17.5 Å². The van der Waals surface area contributed by atoms with Crippen molar-refractivity contribution in [3.8, 4) is 28.7 Å². The number of benzene rings is 3. The van der Waals surface area contributed by atoms with Gasteiger partial charge in [0, 0.05) is 12.6 Å². The Hall–Kier alpha value is -3.46. The van der Waals surface area contributed by atoms with Crippen molar-refractivity contribution in [2.45, 2.75) is 64.5 Å². The molecule has 0 radical (unpaired) electrons. The molecule has 5 rings (SSSR count). The molecule has 232 valence electrons. The lowest BCUT2D eigenvalue weighted by atomic mass is 9.62. The van der Waals surface area contributed by atoms with Gasteiger partial charge >= 0.3 is 0 Å². The van der Waals surface area contributed by atoms with Gasteiger partial charge in [-0.3, -0.25) is 5.32 Å². The number of para-hydroxylation sites is 1. The molecule has 0 amide bonds. The highest BCUT2D eigenvalue weighted by Crippen LogP contribution is 2.46. The Morgan fingerprint density at radius 2 is 1.48 bits per heavy atom. The third kappa shape index (κ3) is 9.78. The molecule has 44 heavy (non-hydrogen) atoms. The van der Waals surface area contributed by atoms with Crippen LogP contribution in [0.3, 0.4) is 0 Å². The van der Waals surface area contributed by atoms with E-state index in [0.717, 1.165) is 60.9 Å². The number of nitrogens with one attached hydrogen (secondary N) is 2. The van der Waals surface area contributed by atoms with Crippen LogP contribution in [0.1, 0.15) is 52.9 Å². The minimum Gasteiger partial charge on any atom is -0.466 e. The zero-order chi connectivity index (χ0) is 31.0. The topological polar surface area (TPSA) is 61.0 Å². The van der Waals surface area contributed by atoms with Crippen molar-refractivity contribution in [3.63, 3.8) is 0 Å². The third-order valence-corrected chi connectivity index (χ3v) is 8.24. The highest BCUT2D eigenvalue weighted by atomic mass is 32.1. The SMILES string of the molecule is CC1(C)CC(NC(S)Oc2ccc(Oc3ccccc3)cc2)CC(C)(CNC(=S)Oc2ccc(OC3=CCCC=C3)cc2)C1. The van der Waals surface area contributed by atoms with E-state index in [9.17, 15) is 0 Å². The van der Waals surface area contributed by atoms with Gasteiger partial charge in [0.05, 0.1) is 0 Å². The molecule has 6 nitrogen and oxygen atoms in total. The molecule has 3 unspecified atom stereocenters. The Bertz CT molecular complexity index is 1440. The molecule has 1 saturated carbocycles. The number of rotatable bonds is 11. The van der Waals surface area contributed by atoms with E-state index >= 15 is 0 Å². The quantitative estimate of drug-likeness (QED) is 0.111. The summed E-state index contributed by atoms with van der Waals surface area (Å²) in [5, 5.41) is 7.32. The summed E-state index contributed by atoms with van der Waals surface area (Å²) in [6.45, 7) is 7.64. The van der Waals surface area contributed by atoms with Gasteiger partial charge in [0.15, 0.2) is 5.56 Å². The molecule has 2 aliphatic carbocycles. The average Bonchev–Trinajstić information content (AvgIpc) is 2.98. The van der Waals surface area contributed by atoms with Gasteiger partial charge < -0.3 is 24.3 Å². The molecular weight excluding hydrogens is 589 g/mol. The van der Waals surface area contributed by atoms with Gasteiger partial charge in [-0.1, -0.05) is 45.0 Å². The number of ether oxygens (including phenoxy) is 4. The average molecular weight is 631 g/mol. The third-order valence-electron chi connectivity index (χ3n) is 7.76. The van der Waals surface area contributed by atoms with Crippen molar-refractivity contribution < 1.29 is 18.9 Å². The van der Waals surface area contributed by atoms with Gasteiger partial charge in [-0.2, -0.15) is 0 Å². The summed E-state index contributed by atoms with van der Waals surface area (Å²) in [5.41, 5.74) is -0.318. The molecule has 0 heterocycles. The summed E-state index contributed by atoms with van der Waals surface area (Å²) in [7, 11) is 0. The van der Waals surface area contributed by atoms with Gasteiger partial charge in [0.2, 0.25) is 0 Å². The van der Waals surface area contributed by atoms with Crippen LogP contribution in [0.5, 0.6) is 28.7 Å². The highest BCUT2D eigenvalue weighted by molar-refractivity contribution is 7.80. The summed E-state index contributed by atoms with van der Waals surface area (Å²) in [4.78, 5) is 0. The van der Waals surface area contributed by atoms with E-state index in [1.807, 2.05) is 84.9 Å². The molecular formula is C36H42N2O4S2. The van der Waals surface area contributed by atoms with Crippen LogP contribution < -0.4 is 29.6 Å². The number of hydrogen-bond donors (Lipinski definition) is 3. The first-order valence-electron chi connectivity index (χ1n) is 15.2. The predicted octanol–water partition coefficient (Wildman–Crippen LogP) is 8.81. The second-order valence-electron chi connectivity index (χ2n) is 12.7. The maximum absolute atomic E-state index is 6.10. The Balaban J connectivity index is 1.09. The summed E-state index contributed by atoms with van der Waals surface area (Å²) in [6.07, 6.45) is 11.3. The van der Waals surface area contributed by atoms with Crippen LogP contribution in [-0.2, 0) is 0 Å². The van der Waals surface area contributed by atoms with Gasteiger partial charge in [-0.05, 0) is 128 Å². The first-order chi connectivity index (χ1) is 21.1. The maximum Gasteiger partial charge on any atom is 0.262 e. The number of hydrogen-bond acceptors (Lipinski definition) is 7. The molecule has 0 spiro atoms. The number of allylic oxidation sites excluding steroid dienone is 3. The van der Waals surface area contributed by atoms with Crippen LogP contribution in [0.2, 0.25) is 0 Å². The van der Waals surface area contributed by atoms with Crippen LogP contribution in [0.15, 0.2) is 103 Å². The maximum atomic E-state index is 6.10. The van der Waals surface area contributed by atoms with Gasteiger partial charge in [0.25, 0.3) is 5.17 Å². The molecule has 3 atom stereocenters. The van der Waals surface area contributed by atoms with Crippen LogP contribution in [0.4, 0.5) is 0 Å². The Kier molecular flexibility index (Phi) is 10.6. The molecule has 3 aromatic carbocycles. The van der Waals surface area contributed by atoms with Crippen molar-refractivity contribution in [1.82, 2.24) is 10.6 Å². The fourth-order valence-electron chi connectivity index (χ4n) is 6.27. The molecule has 0 saturated heterocycles. The molecule has 2 aliphatic rings. The second-order valence-corrected chi connectivity index (χ2v) is 13.5. The van der Waals surface area contributed by atoms with E-state index < -0.39 is 5.56 Å². The standard InChI is InChI=1S/C36H42N2O4S2/c1-35(2)22-26(38-34(44)42-32-20-16-30(17-21-32)40-28-12-8-5-9-13-28)23-36(3,24-35)25-37-33(43)41-31-18-14-29(15-19-31)39-27-10-6-4-7-11-27/h5-6,8-21,26,34,38,44H,4,7,22-25H2,1-3H3,(H,37,43). The van der Waals surface area contributed by atoms with E-state index in [2.05, 4.69) is 43.6 Å². The highest BCUT2D eigenvalue weighted by Gasteiger charge is 2.41. The lowest BCUT2D eigenvalue weighted by Crippen LogP contribution is -2.51. The Labute approximate surface area is 272 Å². The van der Waals surface area contributed by atoms with Gasteiger partial charge in [-0.25, -0.2) is 0 Å². The van der Waals surface area contributed by atoms with Crippen LogP contribution >= 0.6 is 24.8 Å². The zero-order valence-corrected chi connectivity index (χ0v) is 27.3. The van der Waals surface area contributed by atoms with Crippen molar-refractivity contribution in [1.29, 1.82) is 0 Å². The molecule has 2 N–H and O–H groups in total. The molecule has 3 aromatic rings. The Morgan fingerprint density at radius 3 is 2.16 bits per heavy atom. The fraction of sp³-hybridized carbons (Fsp3) is 0.361. The van der Waals surface area contributed by atoms with Crippen molar-refractivity contribution in [3.05, 3.63) is 103 Å². The fourth-order valence-corrected chi connectivity index (χ4v) is 6.77. The summed E-state index contributed by atoms with van der Waals surface area (Å²) < 4.78 is 23.8. The predicted molar refractivity (Wildman–Crippen MR) is 184 cm³/mol. The molecule has 0 aliphatic heterocycles. The largest absolute Gasteiger partial charge is 0.466 e. The van der Waals surface area contributed by atoms with Crippen LogP contribution in [0, 0.1) is 10.8 Å². The molecule has 1 fully saturated rings. The van der Waals surface area contributed by atoms with E-state index in [-0.39, 0.29) is 16.9 Å². The first kappa shape index (κ1) is 31.9. The van der Waals surface area contributed by atoms with Crippen molar-refractivity contribution in [2.24, 2.45) is 10.8 Å². The monoisotopic (exact) mass is 630 g/mol. The molecule has 0 bridgehead atoms. The minimum atomic E-state index is -0.450. The van der Waals surface area contributed by atoms with E-state index in [1.165, 1.54) is 0 Å². The zero-order valence-electron chi connectivity index (χ0n) is 25.6. The van der Waals surface area contributed by atoms with E-state index in [1.54, 1.807) is 0 Å². The van der Waals surface area contributed by atoms with Crippen molar-refractivity contribution in [2.75, 3.05) is 6.54 Å². The first-order valence-corrected chi connectivity index (χ1v) is 16.1. The Morgan fingerprint density at radius 1 is 0.841 bits per heavy atom. The molecule has 8 heteroatoms. The van der Waals surface area contributed by atoms with Gasteiger partial charge in [-0.15, -0.1) is 12.6 Å². The minimum absolute atomic E-state index is 0.00427.